The molecule has 0 amide bonds. The fourth-order valence-electron chi connectivity index (χ4n) is 7.69. The first-order valence-corrected chi connectivity index (χ1v) is 15.5. The van der Waals surface area contributed by atoms with Crippen LogP contribution in [0.25, 0.3) is 32.9 Å². The Bertz CT molecular complexity index is 1900. The highest BCUT2D eigenvalue weighted by Gasteiger charge is 2.55. The zero-order valence-corrected chi connectivity index (χ0v) is 25.1. The highest BCUT2D eigenvalue weighted by atomic mass is 19.1. The molecule has 2 aromatic heterocycles. The number of ether oxygens (including phenoxy) is 3. The van der Waals surface area contributed by atoms with Gasteiger partial charge in [-0.05, 0) is 69.8 Å². The average molecular weight is 614 g/mol. The lowest BCUT2D eigenvalue weighted by atomic mass is 9.62. The molecule has 2 aromatic carbocycles. The number of phenolic OH excluding ortho intramolecular Hbond substituents is 1. The summed E-state index contributed by atoms with van der Waals surface area (Å²) in [4.78, 5) is 18.6. The predicted octanol–water partition coefficient (Wildman–Crippen LogP) is 5.05. The van der Waals surface area contributed by atoms with E-state index >= 15 is 4.39 Å². The van der Waals surface area contributed by atoms with Crippen molar-refractivity contribution in [1.82, 2.24) is 19.9 Å². The molecule has 1 aliphatic carbocycles. The normalized spacial score (nSPS) is 22.9. The highest BCUT2D eigenvalue weighted by molar-refractivity contribution is 6.04. The molecule has 9 nitrogen and oxygen atoms in total. The van der Waals surface area contributed by atoms with Crippen LogP contribution in [0.15, 0.2) is 24.3 Å². The fourth-order valence-corrected chi connectivity index (χ4v) is 7.69. The molecule has 1 N–H and O–H groups in total. The molecular formula is C34H33F2N5O4. The molecule has 2 saturated heterocycles. The molecule has 3 fully saturated rings. The summed E-state index contributed by atoms with van der Waals surface area (Å²) in [5.74, 6) is 1.50. The van der Waals surface area contributed by atoms with E-state index in [1.807, 2.05) is 6.92 Å². The maximum atomic E-state index is 17.0. The minimum Gasteiger partial charge on any atom is -0.508 e. The van der Waals surface area contributed by atoms with Crippen molar-refractivity contribution < 1.29 is 28.1 Å². The van der Waals surface area contributed by atoms with Crippen molar-refractivity contribution in [3.8, 4) is 41.2 Å². The molecule has 1 spiro atoms. The summed E-state index contributed by atoms with van der Waals surface area (Å²) in [6.45, 7) is 5.10. The van der Waals surface area contributed by atoms with Gasteiger partial charge in [-0.15, -0.1) is 6.42 Å². The van der Waals surface area contributed by atoms with E-state index in [-0.39, 0.29) is 75.6 Å². The van der Waals surface area contributed by atoms with Gasteiger partial charge in [0.05, 0.1) is 25.3 Å². The van der Waals surface area contributed by atoms with Crippen LogP contribution in [0.2, 0.25) is 0 Å². The van der Waals surface area contributed by atoms with Crippen molar-refractivity contribution in [1.29, 1.82) is 0 Å². The smallest absolute Gasteiger partial charge is 0.319 e. The van der Waals surface area contributed by atoms with E-state index in [0.29, 0.717) is 36.3 Å². The summed E-state index contributed by atoms with van der Waals surface area (Å²) in [6.07, 6.45) is 9.53. The third-order valence-electron chi connectivity index (χ3n) is 10.2. The number of halogens is 2. The number of aromatic nitrogens is 3. The first-order chi connectivity index (χ1) is 21.8. The molecule has 232 valence electrons. The van der Waals surface area contributed by atoms with Crippen LogP contribution in [0.4, 0.5) is 14.6 Å². The molecule has 4 aromatic rings. The van der Waals surface area contributed by atoms with Gasteiger partial charge < -0.3 is 24.2 Å². The summed E-state index contributed by atoms with van der Waals surface area (Å²) in [5, 5.41) is 11.7. The Morgan fingerprint density at radius 1 is 1.13 bits per heavy atom. The number of aromatic hydroxyl groups is 1. The van der Waals surface area contributed by atoms with Crippen LogP contribution in [0.1, 0.15) is 38.2 Å². The Balaban J connectivity index is 1.35. The van der Waals surface area contributed by atoms with Crippen LogP contribution in [-0.4, -0.2) is 83.1 Å². The van der Waals surface area contributed by atoms with Crippen molar-refractivity contribution in [2.24, 2.45) is 5.41 Å². The Morgan fingerprint density at radius 2 is 1.98 bits per heavy atom. The number of likely N-dealkylation sites (N-methyl/N-ethyl adjacent to an activating group) is 1. The van der Waals surface area contributed by atoms with E-state index in [4.69, 9.17) is 25.6 Å². The molecule has 0 bridgehead atoms. The Kier molecular flexibility index (Phi) is 6.52. The molecule has 3 atom stereocenters. The number of nitrogens with zero attached hydrogens (tertiary/aromatic N) is 5. The SMILES string of the molecule is C#Cc1c(F)ccc2cc(O)cc(-c3nc4c5c(nc(O[C@@H](C)[C@@H]6CCCN6C)nc5c3F)N(C3CCC35COC5)CCO4)c12. The van der Waals surface area contributed by atoms with Crippen LogP contribution in [0.3, 0.4) is 0 Å². The maximum absolute atomic E-state index is 17.0. The Labute approximate surface area is 259 Å². The second kappa shape index (κ2) is 10.4. The van der Waals surface area contributed by atoms with Gasteiger partial charge in [0.2, 0.25) is 5.88 Å². The van der Waals surface area contributed by atoms with Crippen LogP contribution >= 0.6 is 0 Å². The number of rotatable bonds is 5. The minimum atomic E-state index is -0.771. The molecule has 5 heterocycles. The summed E-state index contributed by atoms with van der Waals surface area (Å²) in [5.41, 5.74) is -0.0828. The van der Waals surface area contributed by atoms with E-state index in [2.05, 4.69) is 32.7 Å². The number of terminal acetylenes is 1. The number of hydrogen-bond acceptors (Lipinski definition) is 9. The summed E-state index contributed by atoms with van der Waals surface area (Å²) in [7, 11) is 2.07. The number of benzene rings is 2. The summed E-state index contributed by atoms with van der Waals surface area (Å²) >= 11 is 0. The van der Waals surface area contributed by atoms with Crippen LogP contribution in [0.5, 0.6) is 17.6 Å². The largest absolute Gasteiger partial charge is 0.508 e. The van der Waals surface area contributed by atoms with Gasteiger partial charge in [0, 0.05) is 28.4 Å². The molecular weight excluding hydrogens is 580 g/mol. The number of phenols is 1. The number of likely N-dealkylation sites (tertiary alicyclic amines) is 1. The van der Waals surface area contributed by atoms with Crippen LogP contribution in [-0.2, 0) is 4.74 Å². The molecule has 0 radical (unpaired) electrons. The molecule has 45 heavy (non-hydrogen) atoms. The average Bonchev–Trinajstić information content (AvgIpc) is 3.33. The van der Waals surface area contributed by atoms with Crippen LogP contribution in [0, 0.1) is 29.4 Å². The van der Waals surface area contributed by atoms with Gasteiger partial charge in [-0.2, -0.15) is 9.97 Å². The number of pyridine rings is 1. The minimum absolute atomic E-state index is 0.0257. The number of fused-ring (bicyclic) bond motifs is 1. The third-order valence-corrected chi connectivity index (χ3v) is 10.2. The lowest BCUT2D eigenvalue weighted by molar-refractivity contribution is -0.169. The van der Waals surface area contributed by atoms with Gasteiger partial charge in [-0.3, -0.25) is 4.90 Å². The van der Waals surface area contributed by atoms with Crippen molar-refractivity contribution in [2.45, 2.75) is 50.8 Å². The zero-order chi connectivity index (χ0) is 31.0. The zero-order valence-electron chi connectivity index (χ0n) is 25.1. The summed E-state index contributed by atoms with van der Waals surface area (Å²) < 4.78 is 50.1. The van der Waals surface area contributed by atoms with Crippen molar-refractivity contribution in [3.05, 3.63) is 41.5 Å². The molecule has 11 heteroatoms. The van der Waals surface area contributed by atoms with Crippen molar-refractivity contribution >= 4 is 27.5 Å². The van der Waals surface area contributed by atoms with Gasteiger partial charge in [-0.1, -0.05) is 12.0 Å². The van der Waals surface area contributed by atoms with Gasteiger partial charge in [0.15, 0.2) is 5.82 Å². The van der Waals surface area contributed by atoms with E-state index in [1.54, 1.807) is 0 Å². The number of anilines is 1. The standard InChI is InChI=1S/C34H33F2N5O4/c1-4-21-23(35)8-7-19-14-20(42)15-22(26(19)21)29-28(36)30-27-31(39-33(38-30)45-18(2)24-6-5-11-40(24)3)41(12-13-44-32(27)37-29)25-9-10-34(25)16-43-17-34/h1,7-8,14-15,18,24-25,42H,5-6,9-13,16-17H2,2-3H3/t18-,24-,25?/m0/s1. The summed E-state index contributed by atoms with van der Waals surface area (Å²) in [6, 6.07) is 5.88. The second-order valence-corrected chi connectivity index (χ2v) is 12.8. The van der Waals surface area contributed by atoms with Gasteiger partial charge in [0.25, 0.3) is 0 Å². The molecule has 8 rings (SSSR count). The molecule has 4 aliphatic rings. The Hall–Kier alpha value is -4.27. The van der Waals surface area contributed by atoms with Gasteiger partial charge in [0.1, 0.15) is 46.7 Å². The number of hydrogen-bond donors (Lipinski definition) is 1. The fraction of sp³-hybridized carbons (Fsp3) is 0.441. The van der Waals surface area contributed by atoms with Crippen molar-refractivity contribution in [2.75, 3.05) is 44.9 Å². The van der Waals surface area contributed by atoms with E-state index in [0.717, 1.165) is 32.2 Å². The highest BCUT2D eigenvalue weighted by Crippen LogP contribution is 2.52. The monoisotopic (exact) mass is 613 g/mol. The Morgan fingerprint density at radius 3 is 2.67 bits per heavy atom. The quantitative estimate of drug-likeness (QED) is 0.311. The van der Waals surface area contributed by atoms with Gasteiger partial charge >= 0.3 is 6.01 Å². The lowest BCUT2D eigenvalue weighted by Gasteiger charge is -2.58. The lowest BCUT2D eigenvalue weighted by Crippen LogP contribution is -2.65. The van der Waals surface area contributed by atoms with E-state index in [1.165, 1.54) is 24.3 Å². The third kappa shape index (κ3) is 4.30. The predicted molar refractivity (Wildman–Crippen MR) is 165 cm³/mol. The van der Waals surface area contributed by atoms with E-state index < -0.39 is 11.6 Å². The first kappa shape index (κ1) is 28.2. The topological polar surface area (TPSA) is 93.1 Å². The first-order valence-electron chi connectivity index (χ1n) is 15.5. The molecule has 1 saturated carbocycles. The van der Waals surface area contributed by atoms with Gasteiger partial charge in [-0.25, -0.2) is 13.8 Å². The molecule has 3 aliphatic heterocycles. The van der Waals surface area contributed by atoms with E-state index in [9.17, 15) is 9.50 Å². The molecule has 1 unspecified atom stereocenters. The second-order valence-electron chi connectivity index (χ2n) is 12.8. The van der Waals surface area contributed by atoms with Crippen molar-refractivity contribution in [3.63, 3.8) is 0 Å². The maximum Gasteiger partial charge on any atom is 0.319 e. The van der Waals surface area contributed by atoms with Crippen LogP contribution < -0.4 is 14.4 Å².